The van der Waals surface area contributed by atoms with E-state index >= 15 is 0 Å². The number of nitrogens with zero attached hydrogens (tertiary/aromatic N) is 2. The molecule has 3 nitrogen and oxygen atoms in total. The summed E-state index contributed by atoms with van der Waals surface area (Å²) in [5.41, 5.74) is 13.2. The lowest BCUT2D eigenvalue weighted by atomic mass is 9.98. The first-order valence-corrected chi connectivity index (χ1v) is 18.8. The van der Waals surface area contributed by atoms with Crippen LogP contribution in [0, 0.1) is 0 Å². The van der Waals surface area contributed by atoms with E-state index < -0.39 is 0 Å². The highest BCUT2D eigenvalue weighted by Crippen LogP contribution is 2.46. The van der Waals surface area contributed by atoms with Crippen molar-refractivity contribution in [3.05, 3.63) is 206 Å². The van der Waals surface area contributed by atoms with E-state index in [0.29, 0.717) is 0 Å². The van der Waals surface area contributed by atoms with Gasteiger partial charge in [-0.15, -0.1) is 0 Å². The van der Waals surface area contributed by atoms with E-state index in [1.807, 2.05) is 0 Å². The van der Waals surface area contributed by atoms with E-state index in [1.54, 1.807) is 0 Å². The Morgan fingerprint density at radius 3 is 1.93 bits per heavy atom. The number of benzene rings is 9. The molecule has 0 atom stereocenters. The first-order valence-electron chi connectivity index (χ1n) is 18.8. The van der Waals surface area contributed by atoms with Crippen LogP contribution in [-0.2, 0) is 0 Å². The Hall–Kier alpha value is -7.36. The lowest BCUT2D eigenvalue weighted by molar-refractivity contribution is 0.672. The molecule has 0 amide bonds. The Kier molecular flexibility index (Phi) is 7.17. The molecule has 0 radical (unpaired) electrons. The number of furan rings is 1. The molecule has 9 aromatic carbocycles. The quantitative estimate of drug-likeness (QED) is 0.172. The van der Waals surface area contributed by atoms with Gasteiger partial charge in [0, 0.05) is 38.6 Å². The number of rotatable bonds is 6. The smallest absolute Gasteiger partial charge is 0.143 e. The Bertz CT molecular complexity index is 3190. The molecule has 0 bridgehead atoms. The zero-order valence-electron chi connectivity index (χ0n) is 29.9. The van der Waals surface area contributed by atoms with Crippen LogP contribution in [0.1, 0.15) is 0 Å². The summed E-state index contributed by atoms with van der Waals surface area (Å²) in [5.74, 6) is 0. The molecule has 0 saturated carbocycles. The third-order valence-electron chi connectivity index (χ3n) is 11.0. The largest absolute Gasteiger partial charge is 0.455 e. The second-order valence-electron chi connectivity index (χ2n) is 14.1. The van der Waals surface area contributed by atoms with Crippen molar-refractivity contribution in [1.29, 1.82) is 0 Å². The van der Waals surface area contributed by atoms with Crippen LogP contribution in [0.25, 0.3) is 82.5 Å². The lowest BCUT2D eigenvalue weighted by Crippen LogP contribution is -2.10. The van der Waals surface area contributed by atoms with Crippen LogP contribution in [0.15, 0.2) is 211 Å². The third kappa shape index (κ3) is 5.05. The van der Waals surface area contributed by atoms with Crippen LogP contribution < -0.4 is 4.90 Å². The van der Waals surface area contributed by atoms with Gasteiger partial charge in [0.15, 0.2) is 0 Å². The first-order chi connectivity index (χ1) is 27.3. The van der Waals surface area contributed by atoms with E-state index in [4.69, 9.17) is 4.42 Å². The topological polar surface area (TPSA) is 21.3 Å². The molecule has 0 aliphatic heterocycles. The average Bonchev–Trinajstić information content (AvgIpc) is 3.82. The fourth-order valence-corrected chi connectivity index (χ4v) is 8.51. The second-order valence-corrected chi connectivity index (χ2v) is 14.1. The molecule has 0 fully saturated rings. The van der Waals surface area contributed by atoms with Gasteiger partial charge in [0.25, 0.3) is 0 Å². The van der Waals surface area contributed by atoms with Gasteiger partial charge >= 0.3 is 0 Å². The van der Waals surface area contributed by atoms with Crippen molar-refractivity contribution in [1.82, 2.24) is 4.57 Å². The molecule has 0 unspecified atom stereocenters. The van der Waals surface area contributed by atoms with E-state index in [0.717, 1.165) is 55.6 Å². The molecule has 258 valence electrons. The van der Waals surface area contributed by atoms with Crippen LogP contribution in [0.4, 0.5) is 17.1 Å². The molecule has 55 heavy (non-hydrogen) atoms. The maximum absolute atomic E-state index is 6.70. The van der Waals surface area contributed by atoms with Crippen LogP contribution >= 0.6 is 0 Å². The average molecular weight is 703 g/mol. The summed E-state index contributed by atoms with van der Waals surface area (Å²) in [6, 6.07) is 73.9. The Balaban J connectivity index is 1.14. The number of fused-ring (bicyclic) bond motifs is 8. The van der Waals surface area contributed by atoms with Crippen molar-refractivity contribution in [2.75, 3.05) is 4.90 Å². The molecule has 11 aromatic rings. The van der Waals surface area contributed by atoms with E-state index in [-0.39, 0.29) is 0 Å². The minimum Gasteiger partial charge on any atom is -0.455 e. The van der Waals surface area contributed by atoms with Gasteiger partial charge in [0.2, 0.25) is 0 Å². The number of anilines is 3. The van der Waals surface area contributed by atoms with E-state index in [9.17, 15) is 0 Å². The highest BCUT2D eigenvalue weighted by atomic mass is 16.3. The van der Waals surface area contributed by atoms with Crippen molar-refractivity contribution in [2.45, 2.75) is 0 Å². The molecule has 0 aliphatic carbocycles. The van der Waals surface area contributed by atoms with Gasteiger partial charge in [0.1, 0.15) is 11.2 Å². The number of aromatic nitrogens is 1. The predicted molar refractivity (Wildman–Crippen MR) is 231 cm³/mol. The Labute approximate surface area is 318 Å². The van der Waals surface area contributed by atoms with Crippen molar-refractivity contribution in [2.24, 2.45) is 0 Å². The monoisotopic (exact) mass is 702 g/mol. The van der Waals surface area contributed by atoms with Crippen LogP contribution in [0.5, 0.6) is 0 Å². The zero-order chi connectivity index (χ0) is 36.3. The highest BCUT2D eigenvalue weighted by molar-refractivity contribution is 6.20. The van der Waals surface area contributed by atoms with Crippen molar-refractivity contribution < 1.29 is 4.42 Å². The molecule has 0 spiro atoms. The first kappa shape index (κ1) is 31.2. The molecule has 11 rings (SSSR count). The lowest BCUT2D eigenvalue weighted by Gasteiger charge is -2.27. The summed E-state index contributed by atoms with van der Waals surface area (Å²) >= 11 is 0. The fraction of sp³-hybridized carbons (Fsp3) is 0. The summed E-state index contributed by atoms with van der Waals surface area (Å²) in [5, 5.41) is 6.95. The van der Waals surface area contributed by atoms with E-state index in [2.05, 4.69) is 216 Å². The highest BCUT2D eigenvalue weighted by Gasteiger charge is 2.22. The third-order valence-corrected chi connectivity index (χ3v) is 11.0. The molecule has 0 aliphatic rings. The van der Waals surface area contributed by atoms with Gasteiger partial charge in [-0.05, 0) is 94.4 Å². The van der Waals surface area contributed by atoms with Crippen molar-refractivity contribution in [3.63, 3.8) is 0 Å². The molecular weight excluding hydrogens is 669 g/mol. The van der Waals surface area contributed by atoms with Gasteiger partial charge in [0.05, 0.1) is 22.1 Å². The summed E-state index contributed by atoms with van der Waals surface area (Å²) < 4.78 is 9.08. The molecule has 0 saturated heterocycles. The second kappa shape index (κ2) is 12.6. The maximum Gasteiger partial charge on any atom is 0.143 e. The van der Waals surface area contributed by atoms with Crippen LogP contribution in [-0.4, -0.2) is 4.57 Å². The summed E-state index contributed by atoms with van der Waals surface area (Å²) in [7, 11) is 0. The SMILES string of the molecule is c1ccc(-c2ccc(N(c3cccc(-c4cccc5c4c4ccccc4n5-c4ccccc4)c3)c3cccc4oc5c6ccccc6ccc5c34)cc2)cc1. The van der Waals surface area contributed by atoms with Crippen LogP contribution in [0.2, 0.25) is 0 Å². The molecule has 2 aromatic heterocycles. The summed E-state index contributed by atoms with van der Waals surface area (Å²) in [6.45, 7) is 0. The minimum absolute atomic E-state index is 0.865. The van der Waals surface area contributed by atoms with Gasteiger partial charge in [-0.3, -0.25) is 0 Å². The minimum atomic E-state index is 0.865. The predicted octanol–water partition coefficient (Wildman–Crippen LogP) is 14.6. The molecule has 3 heteroatoms. The Morgan fingerprint density at radius 1 is 0.400 bits per heavy atom. The number of para-hydroxylation sites is 2. The zero-order valence-corrected chi connectivity index (χ0v) is 29.9. The Morgan fingerprint density at radius 2 is 1.07 bits per heavy atom. The van der Waals surface area contributed by atoms with Gasteiger partial charge < -0.3 is 13.9 Å². The number of hydrogen-bond donors (Lipinski definition) is 0. The summed E-state index contributed by atoms with van der Waals surface area (Å²) in [4.78, 5) is 2.39. The van der Waals surface area contributed by atoms with E-state index in [1.165, 1.54) is 43.9 Å². The normalized spacial score (nSPS) is 11.6. The summed E-state index contributed by atoms with van der Waals surface area (Å²) in [6.07, 6.45) is 0. The van der Waals surface area contributed by atoms with Crippen LogP contribution in [0.3, 0.4) is 0 Å². The standard InChI is InChI=1S/C52H34N2O/c1-3-14-35(15-4-1)36-28-31-40(32-29-36)53(48-26-13-27-49-51(48)45-33-30-37-16-7-8-21-43(37)52(45)55-49)41-20-11-17-38(34-41)42-23-12-25-47-50(42)44-22-9-10-24-46(44)54(47)39-18-5-2-6-19-39/h1-34H. The van der Waals surface area contributed by atoms with Gasteiger partial charge in [-0.1, -0.05) is 140 Å². The molecule has 0 N–H and O–H groups in total. The maximum atomic E-state index is 6.70. The fourth-order valence-electron chi connectivity index (χ4n) is 8.51. The van der Waals surface area contributed by atoms with Gasteiger partial charge in [-0.2, -0.15) is 0 Å². The van der Waals surface area contributed by atoms with Gasteiger partial charge in [-0.25, -0.2) is 0 Å². The van der Waals surface area contributed by atoms with Crippen molar-refractivity contribution in [3.8, 4) is 27.9 Å². The molecular formula is C52H34N2O. The van der Waals surface area contributed by atoms with Crippen molar-refractivity contribution >= 4 is 71.6 Å². The number of hydrogen-bond acceptors (Lipinski definition) is 2. The molecule has 2 heterocycles.